The van der Waals surface area contributed by atoms with Crippen molar-refractivity contribution in [2.24, 2.45) is 5.92 Å². The smallest absolute Gasteiger partial charge is 0.0980 e. The first-order valence-electron chi connectivity index (χ1n) is 6.34. The Morgan fingerprint density at radius 1 is 1.33 bits per heavy atom. The summed E-state index contributed by atoms with van der Waals surface area (Å²) in [6.45, 7) is 4.62. The van der Waals surface area contributed by atoms with E-state index < -0.39 is 0 Å². The van der Waals surface area contributed by atoms with Crippen LogP contribution in [0.3, 0.4) is 0 Å². The number of rotatable bonds is 2. The fourth-order valence-electron chi connectivity index (χ4n) is 3.75. The molecule has 0 aromatic rings. The van der Waals surface area contributed by atoms with Gasteiger partial charge < -0.3 is 10.1 Å². The Morgan fingerprint density at radius 3 is 2.80 bits per heavy atom. The van der Waals surface area contributed by atoms with Crippen LogP contribution in [-0.4, -0.2) is 49.8 Å². The van der Waals surface area contributed by atoms with Crippen LogP contribution in [0.15, 0.2) is 0 Å². The summed E-state index contributed by atoms with van der Waals surface area (Å²) in [5.41, 5.74) is 0.141. The van der Waals surface area contributed by atoms with Gasteiger partial charge in [0.05, 0.1) is 5.60 Å². The maximum Gasteiger partial charge on any atom is 0.0980 e. The van der Waals surface area contributed by atoms with Gasteiger partial charge in [0.1, 0.15) is 0 Å². The van der Waals surface area contributed by atoms with Crippen molar-refractivity contribution < 1.29 is 4.74 Å². The van der Waals surface area contributed by atoms with Gasteiger partial charge in [-0.2, -0.15) is 0 Å². The van der Waals surface area contributed by atoms with Crippen LogP contribution in [0.4, 0.5) is 0 Å². The first kappa shape index (κ1) is 10.1. The summed E-state index contributed by atoms with van der Waals surface area (Å²) < 4.78 is 5.81. The van der Waals surface area contributed by atoms with Gasteiger partial charge in [0, 0.05) is 45.2 Å². The van der Waals surface area contributed by atoms with Crippen molar-refractivity contribution in [1.82, 2.24) is 10.2 Å². The summed E-state index contributed by atoms with van der Waals surface area (Å²) in [5, 5.41) is 3.48. The molecule has 3 fully saturated rings. The van der Waals surface area contributed by atoms with Crippen molar-refractivity contribution in [3.63, 3.8) is 0 Å². The maximum atomic E-state index is 5.81. The van der Waals surface area contributed by atoms with Crippen molar-refractivity contribution in [3.8, 4) is 0 Å². The summed E-state index contributed by atoms with van der Waals surface area (Å²) >= 11 is 0. The van der Waals surface area contributed by atoms with E-state index in [-0.39, 0.29) is 5.60 Å². The minimum absolute atomic E-state index is 0.141. The molecule has 1 N–H and O–H groups in total. The molecule has 1 aliphatic carbocycles. The number of nitrogens with one attached hydrogen (secondary N) is 1. The third-order valence-electron chi connectivity index (χ3n) is 4.73. The van der Waals surface area contributed by atoms with Gasteiger partial charge in [-0.1, -0.05) is 12.8 Å². The zero-order chi connectivity index (χ0) is 10.3. The maximum absolute atomic E-state index is 5.81. The second-order valence-electron chi connectivity index (χ2n) is 5.46. The Hall–Kier alpha value is -0.120. The lowest BCUT2D eigenvalue weighted by atomic mass is 9.95. The molecular formula is C12H22N2O. The molecule has 2 aliphatic heterocycles. The summed E-state index contributed by atoms with van der Waals surface area (Å²) in [6, 6.07) is 0.864. The van der Waals surface area contributed by atoms with Crippen molar-refractivity contribution in [1.29, 1.82) is 0 Å². The molecular weight excluding hydrogens is 188 g/mol. The van der Waals surface area contributed by atoms with Gasteiger partial charge >= 0.3 is 0 Å². The molecule has 15 heavy (non-hydrogen) atoms. The molecule has 2 unspecified atom stereocenters. The zero-order valence-corrected chi connectivity index (χ0v) is 9.67. The van der Waals surface area contributed by atoms with Crippen molar-refractivity contribution in [2.75, 3.05) is 33.3 Å². The molecule has 3 aliphatic rings. The quantitative estimate of drug-likeness (QED) is 0.731. The molecule has 2 saturated heterocycles. The largest absolute Gasteiger partial charge is 0.375 e. The van der Waals surface area contributed by atoms with E-state index in [1.54, 1.807) is 0 Å². The van der Waals surface area contributed by atoms with Crippen LogP contribution in [0.25, 0.3) is 0 Å². The molecule has 3 nitrogen and oxygen atoms in total. The third kappa shape index (κ3) is 1.52. The van der Waals surface area contributed by atoms with Crippen molar-refractivity contribution in [3.05, 3.63) is 0 Å². The van der Waals surface area contributed by atoms with Crippen LogP contribution in [0, 0.1) is 5.92 Å². The van der Waals surface area contributed by atoms with Crippen molar-refractivity contribution in [2.45, 2.75) is 37.3 Å². The van der Waals surface area contributed by atoms with Gasteiger partial charge in [-0.3, -0.25) is 4.90 Å². The lowest BCUT2D eigenvalue weighted by Gasteiger charge is -2.28. The van der Waals surface area contributed by atoms with Gasteiger partial charge in [0.15, 0.2) is 0 Å². The van der Waals surface area contributed by atoms with Gasteiger partial charge in [0.25, 0.3) is 0 Å². The topological polar surface area (TPSA) is 24.5 Å². The average Bonchev–Trinajstić information content (AvgIpc) is 2.92. The van der Waals surface area contributed by atoms with E-state index in [0.29, 0.717) is 0 Å². The van der Waals surface area contributed by atoms with E-state index in [9.17, 15) is 0 Å². The Bertz CT molecular complexity index is 240. The molecule has 1 saturated carbocycles. The molecule has 2 heterocycles. The van der Waals surface area contributed by atoms with Crippen LogP contribution in [0.1, 0.15) is 25.7 Å². The number of hydrogen-bond acceptors (Lipinski definition) is 3. The Kier molecular flexibility index (Phi) is 2.49. The molecule has 0 bridgehead atoms. The normalized spacial score (nSPS) is 42.6. The van der Waals surface area contributed by atoms with E-state index in [2.05, 4.69) is 10.2 Å². The highest BCUT2D eigenvalue weighted by atomic mass is 16.5. The molecule has 0 spiro atoms. The first-order valence-corrected chi connectivity index (χ1v) is 6.34. The van der Waals surface area contributed by atoms with Gasteiger partial charge in [-0.15, -0.1) is 0 Å². The number of nitrogens with zero attached hydrogens (tertiary/aromatic N) is 1. The molecule has 0 aromatic heterocycles. The van der Waals surface area contributed by atoms with Crippen LogP contribution >= 0.6 is 0 Å². The van der Waals surface area contributed by atoms with Crippen LogP contribution in [0.5, 0.6) is 0 Å². The number of ether oxygens (including phenoxy) is 1. The summed E-state index contributed by atoms with van der Waals surface area (Å²) in [4.78, 5) is 2.70. The fraction of sp³-hybridized carbons (Fsp3) is 1.00. The van der Waals surface area contributed by atoms with Crippen LogP contribution in [-0.2, 0) is 4.74 Å². The minimum Gasteiger partial charge on any atom is -0.375 e. The van der Waals surface area contributed by atoms with Crippen LogP contribution in [0.2, 0.25) is 0 Å². The highest BCUT2D eigenvalue weighted by Crippen LogP contribution is 2.37. The second-order valence-corrected chi connectivity index (χ2v) is 5.46. The van der Waals surface area contributed by atoms with Gasteiger partial charge in [-0.25, -0.2) is 0 Å². The molecule has 0 radical (unpaired) electrons. The lowest BCUT2D eigenvalue weighted by Crippen LogP contribution is -2.43. The number of hydrogen-bond donors (Lipinski definition) is 1. The zero-order valence-electron chi connectivity index (χ0n) is 9.67. The third-order valence-corrected chi connectivity index (χ3v) is 4.73. The van der Waals surface area contributed by atoms with E-state index in [1.807, 2.05) is 7.11 Å². The minimum atomic E-state index is 0.141. The first-order chi connectivity index (χ1) is 7.34. The SMILES string of the molecule is COC12CNCC1CN(C1CCCC1)C2. The second kappa shape index (κ2) is 3.72. The predicted octanol–water partition coefficient (Wildman–Crippen LogP) is 0.849. The number of methoxy groups -OCH3 is 1. The lowest BCUT2D eigenvalue weighted by molar-refractivity contribution is -0.00796. The predicted molar refractivity (Wildman–Crippen MR) is 59.9 cm³/mol. The van der Waals surface area contributed by atoms with Gasteiger partial charge in [0.2, 0.25) is 0 Å². The molecule has 2 atom stereocenters. The Labute approximate surface area is 92.2 Å². The van der Waals surface area contributed by atoms with Crippen molar-refractivity contribution >= 4 is 0 Å². The van der Waals surface area contributed by atoms with E-state index >= 15 is 0 Å². The number of fused-ring (bicyclic) bond motifs is 1. The Morgan fingerprint density at radius 2 is 2.13 bits per heavy atom. The molecule has 3 rings (SSSR count). The molecule has 86 valence electrons. The standard InChI is InChI=1S/C12H22N2O/c1-15-12-8-13-6-10(12)7-14(9-12)11-4-2-3-5-11/h10-11,13H,2-9H2,1H3. The highest BCUT2D eigenvalue weighted by molar-refractivity contribution is 5.06. The monoisotopic (exact) mass is 210 g/mol. The van der Waals surface area contributed by atoms with E-state index in [1.165, 1.54) is 32.2 Å². The van der Waals surface area contributed by atoms with E-state index in [0.717, 1.165) is 31.6 Å². The highest BCUT2D eigenvalue weighted by Gasteiger charge is 2.51. The number of likely N-dealkylation sites (tertiary alicyclic amines) is 1. The summed E-state index contributed by atoms with van der Waals surface area (Å²) in [7, 11) is 1.89. The van der Waals surface area contributed by atoms with E-state index in [4.69, 9.17) is 4.74 Å². The average molecular weight is 210 g/mol. The Balaban J connectivity index is 1.71. The fourth-order valence-corrected chi connectivity index (χ4v) is 3.75. The summed E-state index contributed by atoms with van der Waals surface area (Å²) in [5.74, 6) is 0.725. The molecule has 0 aromatic carbocycles. The molecule has 0 amide bonds. The van der Waals surface area contributed by atoms with Crippen LogP contribution < -0.4 is 5.32 Å². The molecule has 3 heteroatoms. The summed E-state index contributed by atoms with van der Waals surface area (Å²) in [6.07, 6.45) is 5.70. The van der Waals surface area contributed by atoms with Gasteiger partial charge in [-0.05, 0) is 12.8 Å².